The van der Waals surface area contributed by atoms with Crippen LogP contribution in [0.4, 0.5) is 5.95 Å². The molecule has 0 aromatic carbocycles. The number of anilines is 1. The lowest BCUT2D eigenvalue weighted by atomic mass is 9.82. The van der Waals surface area contributed by atoms with Crippen molar-refractivity contribution in [3.8, 4) is 10.7 Å². The highest BCUT2D eigenvalue weighted by Crippen LogP contribution is 2.31. The number of rotatable bonds is 4. The molecule has 3 N–H and O–H groups in total. The summed E-state index contributed by atoms with van der Waals surface area (Å²) in [5.41, 5.74) is 6.10. The fourth-order valence-corrected chi connectivity index (χ4v) is 3.74. The van der Waals surface area contributed by atoms with Gasteiger partial charge in [-0.2, -0.15) is 4.98 Å². The molecular formula is C15H23N5S. The van der Waals surface area contributed by atoms with E-state index in [4.69, 9.17) is 5.73 Å². The zero-order chi connectivity index (χ0) is 14.9. The molecule has 5 nitrogen and oxygen atoms in total. The maximum Gasteiger partial charge on any atom is 0.245 e. The fraction of sp³-hybridized carbons (Fsp3) is 0.600. The molecule has 2 aromatic rings. The van der Waals surface area contributed by atoms with Gasteiger partial charge in [0.1, 0.15) is 0 Å². The lowest BCUT2D eigenvalue weighted by molar-refractivity contribution is 0.270. The van der Waals surface area contributed by atoms with Crippen molar-refractivity contribution in [1.82, 2.24) is 15.2 Å². The average molecular weight is 305 g/mol. The highest BCUT2D eigenvalue weighted by molar-refractivity contribution is 7.15. The molecule has 1 saturated heterocycles. The van der Waals surface area contributed by atoms with E-state index in [2.05, 4.69) is 46.1 Å². The maximum absolute atomic E-state index is 5.92. The first-order valence-corrected chi connectivity index (χ1v) is 8.42. The molecule has 3 rings (SSSR count). The minimum atomic E-state index is 0.178. The molecule has 0 aliphatic carbocycles. The number of hydrogen-bond acceptors (Lipinski definition) is 5. The number of aromatic nitrogens is 3. The summed E-state index contributed by atoms with van der Waals surface area (Å²) in [6.07, 6.45) is 3.39. The normalized spacial score (nSPS) is 22.7. The van der Waals surface area contributed by atoms with Crippen molar-refractivity contribution in [2.45, 2.75) is 33.1 Å². The van der Waals surface area contributed by atoms with E-state index in [0.717, 1.165) is 42.6 Å². The largest absolute Gasteiger partial charge is 0.339 e. The van der Waals surface area contributed by atoms with Crippen molar-refractivity contribution < 1.29 is 0 Å². The van der Waals surface area contributed by atoms with Crippen molar-refractivity contribution in [2.24, 2.45) is 11.1 Å². The number of aromatic amines is 1. The average Bonchev–Trinajstić information content (AvgIpc) is 3.16. The van der Waals surface area contributed by atoms with Crippen LogP contribution in [0.15, 0.2) is 12.1 Å². The molecule has 0 spiro atoms. The van der Waals surface area contributed by atoms with E-state index in [-0.39, 0.29) is 5.41 Å². The Kier molecular flexibility index (Phi) is 3.99. The van der Waals surface area contributed by atoms with Crippen molar-refractivity contribution in [2.75, 3.05) is 24.5 Å². The van der Waals surface area contributed by atoms with E-state index < -0.39 is 0 Å². The van der Waals surface area contributed by atoms with Crippen LogP contribution in [0.5, 0.6) is 0 Å². The third-order valence-corrected chi connectivity index (χ3v) is 5.51. The van der Waals surface area contributed by atoms with Gasteiger partial charge in [0.05, 0.1) is 4.88 Å². The van der Waals surface area contributed by atoms with Gasteiger partial charge in [0.2, 0.25) is 5.95 Å². The summed E-state index contributed by atoms with van der Waals surface area (Å²) in [6.45, 7) is 7.08. The second-order valence-corrected chi connectivity index (χ2v) is 7.31. The summed E-state index contributed by atoms with van der Waals surface area (Å²) >= 11 is 1.78. The molecule has 0 radical (unpaired) electrons. The molecule has 0 amide bonds. The van der Waals surface area contributed by atoms with Crippen LogP contribution >= 0.6 is 11.3 Å². The first kappa shape index (κ1) is 14.5. The molecule has 1 fully saturated rings. The Labute approximate surface area is 129 Å². The highest BCUT2D eigenvalue weighted by atomic mass is 32.1. The van der Waals surface area contributed by atoms with Crippen LogP contribution in [0, 0.1) is 5.41 Å². The highest BCUT2D eigenvalue weighted by Gasteiger charge is 2.31. The minimum absolute atomic E-state index is 0.178. The van der Waals surface area contributed by atoms with Gasteiger partial charge in [0, 0.05) is 18.0 Å². The van der Waals surface area contributed by atoms with E-state index in [1.165, 1.54) is 11.3 Å². The fourth-order valence-electron chi connectivity index (χ4n) is 2.85. The van der Waals surface area contributed by atoms with Crippen molar-refractivity contribution in [3.05, 3.63) is 17.0 Å². The number of aryl methyl sites for hydroxylation is 1. The zero-order valence-electron chi connectivity index (χ0n) is 12.7. The number of hydrogen-bond donors (Lipinski definition) is 2. The van der Waals surface area contributed by atoms with Gasteiger partial charge in [-0.05, 0) is 43.4 Å². The number of H-pyrrole nitrogens is 1. The first-order valence-electron chi connectivity index (χ1n) is 7.60. The predicted octanol–water partition coefficient (Wildman–Crippen LogP) is 2.66. The lowest BCUT2D eigenvalue weighted by Crippen LogP contribution is -2.46. The van der Waals surface area contributed by atoms with Gasteiger partial charge in [-0.1, -0.05) is 13.8 Å². The van der Waals surface area contributed by atoms with Crippen molar-refractivity contribution in [3.63, 3.8) is 0 Å². The van der Waals surface area contributed by atoms with E-state index in [0.29, 0.717) is 6.54 Å². The van der Waals surface area contributed by atoms with Gasteiger partial charge in [-0.25, -0.2) is 0 Å². The molecule has 21 heavy (non-hydrogen) atoms. The Balaban J connectivity index is 1.78. The van der Waals surface area contributed by atoms with Crippen LogP contribution in [0.2, 0.25) is 0 Å². The molecular weight excluding hydrogens is 282 g/mol. The van der Waals surface area contributed by atoms with Crippen molar-refractivity contribution in [1.29, 1.82) is 0 Å². The van der Waals surface area contributed by atoms with Crippen molar-refractivity contribution >= 4 is 17.3 Å². The molecule has 0 bridgehead atoms. The number of thiophene rings is 1. The monoisotopic (exact) mass is 305 g/mol. The third-order valence-electron chi connectivity index (χ3n) is 4.27. The molecule has 1 atom stereocenters. The van der Waals surface area contributed by atoms with Crippen LogP contribution in [-0.4, -0.2) is 34.8 Å². The van der Waals surface area contributed by atoms with E-state index in [1.807, 2.05) is 0 Å². The molecule has 0 saturated carbocycles. The predicted molar refractivity (Wildman–Crippen MR) is 87.7 cm³/mol. The summed E-state index contributed by atoms with van der Waals surface area (Å²) < 4.78 is 0. The smallest absolute Gasteiger partial charge is 0.245 e. The van der Waals surface area contributed by atoms with Gasteiger partial charge in [-0.15, -0.1) is 16.4 Å². The molecule has 2 aromatic heterocycles. The molecule has 3 heterocycles. The first-order chi connectivity index (χ1) is 10.1. The number of nitrogens with zero attached hydrogens (tertiary/aromatic N) is 3. The van der Waals surface area contributed by atoms with Gasteiger partial charge in [-0.3, -0.25) is 5.10 Å². The van der Waals surface area contributed by atoms with Gasteiger partial charge in [0.15, 0.2) is 5.82 Å². The van der Waals surface area contributed by atoms with Crippen LogP contribution < -0.4 is 10.6 Å². The van der Waals surface area contributed by atoms with Crippen LogP contribution in [0.3, 0.4) is 0 Å². The second kappa shape index (κ2) is 5.77. The Morgan fingerprint density at radius 3 is 3.05 bits per heavy atom. The molecule has 1 aliphatic rings. The van der Waals surface area contributed by atoms with Gasteiger partial charge in [0.25, 0.3) is 0 Å². The van der Waals surface area contributed by atoms with Crippen LogP contribution in [0.1, 0.15) is 31.6 Å². The Bertz CT molecular complexity index is 605. The molecule has 6 heteroatoms. The molecule has 114 valence electrons. The summed E-state index contributed by atoms with van der Waals surface area (Å²) in [4.78, 5) is 9.46. The molecule has 1 aliphatic heterocycles. The standard InChI is InChI=1S/C15H23N5S/c1-3-11-5-6-12(21-11)13-17-14(19-18-13)20-8-4-7-15(2,9-16)10-20/h5-6H,3-4,7-10,16H2,1-2H3,(H,17,18,19). The van der Waals surface area contributed by atoms with E-state index >= 15 is 0 Å². The quantitative estimate of drug-likeness (QED) is 0.911. The van der Waals surface area contributed by atoms with Gasteiger partial charge >= 0.3 is 0 Å². The SMILES string of the molecule is CCc1ccc(-c2nc(N3CCCC(C)(CN)C3)n[nH]2)s1. The summed E-state index contributed by atoms with van der Waals surface area (Å²) in [6, 6.07) is 4.28. The summed E-state index contributed by atoms with van der Waals surface area (Å²) in [7, 11) is 0. The summed E-state index contributed by atoms with van der Waals surface area (Å²) in [5.74, 6) is 1.67. The second-order valence-electron chi connectivity index (χ2n) is 6.14. The third kappa shape index (κ3) is 2.96. The van der Waals surface area contributed by atoms with Crippen LogP contribution in [-0.2, 0) is 6.42 Å². The molecule has 1 unspecified atom stereocenters. The minimum Gasteiger partial charge on any atom is -0.339 e. The number of nitrogens with two attached hydrogens (primary N) is 1. The number of nitrogens with one attached hydrogen (secondary N) is 1. The maximum atomic E-state index is 5.92. The Morgan fingerprint density at radius 2 is 2.33 bits per heavy atom. The van der Waals surface area contributed by atoms with Gasteiger partial charge < -0.3 is 10.6 Å². The topological polar surface area (TPSA) is 70.8 Å². The van der Waals surface area contributed by atoms with E-state index in [9.17, 15) is 0 Å². The van der Waals surface area contributed by atoms with E-state index in [1.54, 1.807) is 11.3 Å². The summed E-state index contributed by atoms with van der Waals surface area (Å²) in [5, 5.41) is 7.49. The van der Waals surface area contributed by atoms with Crippen LogP contribution in [0.25, 0.3) is 10.7 Å². The lowest BCUT2D eigenvalue weighted by Gasteiger charge is -2.39. The Hall–Kier alpha value is -1.40. The Morgan fingerprint density at radius 1 is 1.48 bits per heavy atom. The zero-order valence-corrected chi connectivity index (χ0v) is 13.5. The number of piperidine rings is 1.